The van der Waals surface area contributed by atoms with Gasteiger partial charge in [-0.2, -0.15) is 25.3 Å². The van der Waals surface area contributed by atoms with E-state index in [4.69, 9.17) is 0 Å². The number of unbranched alkanes of at least 4 members (excludes halogenated alkanes) is 10. The van der Waals surface area contributed by atoms with Crippen LogP contribution in [0.3, 0.4) is 0 Å². The minimum Gasteiger partial charge on any atom is -0.549 e. The number of benzene rings is 2. The van der Waals surface area contributed by atoms with Crippen LogP contribution in [0.2, 0.25) is 8.87 Å². The molecule has 41 heavy (non-hydrogen) atoms. The van der Waals surface area contributed by atoms with Crippen molar-refractivity contribution in [2.24, 2.45) is 0 Å². The van der Waals surface area contributed by atoms with Crippen molar-refractivity contribution in [2.75, 3.05) is 0 Å². The number of hydrogen-bond acceptors (Lipinski definition) is 6. The minimum atomic E-state index is -1.16. The van der Waals surface area contributed by atoms with Crippen LogP contribution in [0.4, 0.5) is 0 Å². The molecule has 0 bridgehead atoms. The summed E-state index contributed by atoms with van der Waals surface area (Å²) in [7, 11) is 0. The molecule has 4 nitrogen and oxygen atoms in total. The van der Waals surface area contributed by atoms with E-state index < -0.39 is 22.4 Å². The summed E-state index contributed by atoms with van der Waals surface area (Å²) < 4.78 is 3.31. The van der Waals surface area contributed by atoms with E-state index >= 15 is 0 Å². The summed E-state index contributed by atoms with van der Waals surface area (Å²) in [5.41, 5.74) is 3.23. The average molecular weight is 708 g/mol. The normalized spacial score (nSPS) is 11.7. The van der Waals surface area contributed by atoms with Crippen LogP contribution in [0.5, 0.6) is 0 Å². The van der Waals surface area contributed by atoms with Gasteiger partial charge in [0.2, 0.25) is 0 Å². The first kappa shape index (κ1) is 39.9. The second kappa shape index (κ2) is 26.5. The Balaban J connectivity index is 0.000000598. The van der Waals surface area contributed by atoms with Gasteiger partial charge in [0.1, 0.15) is 0 Å². The van der Waals surface area contributed by atoms with Crippen LogP contribution in [-0.4, -0.2) is 33.1 Å². The monoisotopic (exact) mass is 708 g/mol. The van der Waals surface area contributed by atoms with E-state index in [9.17, 15) is 19.8 Å². The Morgan fingerprint density at radius 2 is 0.927 bits per heavy atom. The third kappa shape index (κ3) is 20.4. The van der Waals surface area contributed by atoms with Crippen molar-refractivity contribution >= 4 is 58.3 Å². The quantitative estimate of drug-likeness (QED) is 0.0947. The third-order valence-corrected chi connectivity index (χ3v) is 11.8. The standard InChI is InChI=1S/2C9H10O2S.2C8H17.Sn/c2*1-6-4-2-3-5-7(6)8(12)9(10)11;2*1-3-5-7-8-6-4-2;/h2*2-5,8,12H,1H3,(H,10,11);2*1,3-8H2,2H3;/q;;;;+2/p-2. The summed E-state index contributed by atoms with van der Waals surface area (Å²) >= 11 is 7.92. The molecule has 0 radical (unpaired) electrons. The first-order valence-electron chi connectivity index (χ1n) is 15.3. The van der Waals surface area contributed by atoms with Crippen molar-refractivity contribution in [1.29, 1.82) is 0 Å². The van der Waals surface area contributed by atoms with Crippen LogP contribution in [0.25, 0.3) is 0 Å². The molecule has 0 N–H and O–H groups in total. The predicted molar refractivity (Wildman–Crippen MR) is 178 cm³/mol. The number of carboxylic acids is 2. The van der Waals surface area contributed by atoms with Crippen molar-refractivity contribution in [3.05, 3.63) is 70.8 Å². The van der Waals surface area contributed by atoms with Crippen LogP contribution in [0.15, 0.2) is 48.5 Å². The fraction of sp³-hybridized carbons (Fsp3) is 0.588. The summed E-state index contributed by atoms with van der Waals surface area (Å²) in [5, 5.41) is 19.3. The maximum Gasteiger partial charge on any atom is 0.0664 e. The van der Waals surface area contributed by atoms with Gasteiger partial charge in [0, 0.05) is 0 Å². The average Bonchev–Trinajstić information content (AvgIpc) is 2.96. The Morgan fingerprint density at radius 1 is 0.610 bits per heavy atom. The van der Waals surface area contributed by atoms with Crippen LogP contribution >= 0.6 is 25.3 Å². The first-order valence-corrected chi connectivity index (χ1v) is 20.3. The van der Waals surface area contributed by atoms with Crippen molar-refractivity contribution in [1.82, 2.24) is 0 Å². The molecule has 2 aromatic carbocycles. The summed E-state index contributed by atoms with van der Waals surface area (Å²) in [4.78, 5) is 20.9. The van der Waals surface area contributed by atoms with Gasteiger partial charge < -0.3 is 19.8 Å². The van der Waals surface area contributed by atoms with E-state index in [1.807, 2.05) is 38.1 Å². The fourth-order valence-electron chi connectivity index (χ4n) is 4.23. The van der Waals surface area contributed by atoms with Crippen molar-refractivity contribution in [3.63, 3.8) is 0 Å². The van der Waals surface area contributed by atoms with Gasteiger partial charge >= 0.3 is 121 Å². The molecule has 2 rings (SSSR count). The van der Waals surface area contributed by atoms with Gasteiger partial charge in [-0.3, -0.25) is 0 Å². The van der Waals surface area contributed by atoms with E-state index in [1.54, 1.807) is 46.0 Å². The Kier molecular flexibility index (Phi) is 25.8. The molecule has 7 heteroatoms. The molecule has 2 atom stereocenters. The first-order chi connectivity index (χ1) is 19.7. The fourth-order valence-corrected chi connectivity index (χ4v) is 8.37. The van der Waals surface area contributed by atoms with Crippen LogP contribution in [0, 0.1) is 13.8 Å². The number of hydrogen-bond donors (Lipinski definition) is 2. The minimum absolute atomic E-state index is 0.0736. The van der Waals surface area contributed by atoms with Gasteiger partial charge in [0.25, 0.3) is 0 Å². The van der Waals surface area contributed by atoms with E-state index in [0.717, 1.165) is 11.1 Å². The maximum absolute atomic E-state index is 10.5. The number of rotatable bonds is 18. The molecule has 2 aromatic rings. The predicted octanol–water partition coefficient (Wildman–Crippen LogP) is 7.68. The van der Waals surface area contributed by atoms with Gasteiger partial charge in [-0.1, -0.05) is 48.5 Å². The van der Waals surface area contributed by atoms with Gasteiger partial charge in [0.05, 0.1) is 22.4 Å². The number of aliphatic carboxylic acids is 2. The van der Waals surface area contributed by atoms with Gasteiger partial charge in [-0.15, -0.1) is 0 Å². The Hall–Kier alpha value is -1.12. The molecule has 0 saturated carbocycles. The zero-order valence-corrected chi connectivity index (χ0v) is 30.3. The van der Waals surface area contributed by atoms with Gasteiger partial charge in [-0.25, -0.2) is 0 Å². The van der Waals surface area contributed by atoms with Crippen molar-refractivity contribution in [2.45, 2.75) is 124 Å². The second-order valence-electron chi connectivity index (χ2n) is 10.4. The topological polar surface area (TPSA) is 80.3 Å². The summed E-state index contributed by atoms with van der Waals surface area (Å²) in [6, 6.07) is 14.5. The molecule has 0 fully saturated rings. The van der Waals surface area contributed by atoms with Crippen molar-refractivity contribution in [3.8, 4) is 0 Å². The molecule has 0 spiro atoms. The molecule has 0 aliphatic rings. The van der Waals surface area contributed by atoms with Gasteiger partial charge in [-0.05, 0) is 36.1 Å². The molecule has 0 heterocycles. The third-order valence-electron chi connectivity index (χ3n) is 6.83. The molecule has 0 saturated heterocycles. The largest absolute Gasteiger partial charge is 0.549 e. The Morgan fingerprint density at radius 3 is 1.24 bits per heavy atom. The number of aryl methyl sites for hydroxylation is 2. The molecule has 2 unspecified atom stereocenters. The van der Waals surface area contributed by atoms with Crippen LogP contribution < -0.4 is 10.2 Å². The summed E-state index contributed by atoms with van der Waals surface area (Å²) in [6.07, 6.45) is 17.8. The number of thiol groups is 2. The zero-order chi connectivity index (χ0) is 30.9. The van der Waals surface area contributed by atoms with Crippen LogP contribution in [-0.2, 0) is 9.59 Å². The van der Waals surface area contributed by atoms with E-state index in [2.05, 4.69) is 39.1 Å². The van der Waals surface area contributed by atoms with E-state index in [-0.39, 0.29) is 21.1 Å². The SMILES string of the molecule is CCCCCCC[CH2][Sn+2][CH2]CCCCCCC.Cc1ccccc1C(S)C(=O)[O-].Cc1ccccc1C(S)C(=O)[O-]. The van der Waals surface area contributed by atoms with Crippen molar-refractivity contribution < 1.29 is 19.8 Å². The van der Waals surface area contributed by atoms with E-state index in [0.29, 0.717) is 11.1 Å². The number of carbonyl (C=O) groups excluding carboxylic acids is 2. The molecule has 228 valence electrons. The Bertz CT molecular complexity index is 878. The molecular weight excluding hydrogens is 655 g/mol. The second-order valence-corrected chi connectivity index (χ2v) is 15.8. The van der Waals surface area contributed by atoms with E-state index in [1.165, 1.54) is 64.2 Å². The molecule has 0 aliphatic heterocycles. The maximum atomic E-state index is 10.5. The Labute approximate surface area is 271 Å². The summed E-state index contributed by atoms with van der Waals surface area (Å²) in [6.45, 7) is 8.30. The smallest absolute Gasteiger partial charge is 0.0664 e. The zero-order valence-electron chi connectivity index (χ0n) is 25.7. The molecule has 0 amide bonds. The number of carboxylic acid groups (broad SMARTS) is 2. The molecular formula is C34H52O4S2Sn. The van der Waals surface area contributed by atoms with Crippen LogP contribution in [0.1, 0.15) is 124 Å². The molecule has 0 aliphatic carbocycles. The van der Waals surface area contributed by atoms with Gasteiger partial charge in [0.15, 0.2) is 0 Å². The number of carbonyl (C=O) groups is 2. The molecule has 0 aromatic heterocycles. The summed E-state index contributed by atoms with van der Waals surface area (Å²) in [5.74, 6) is -2.32.